The third-order valence-corrected chi connectivity index (χ3v) is 4.01. The molecule has 2 aromatic rings. The number of nitrogens with one attached hydrogen (secondary N) is 1. The van der Waals surface area contributed by atoms with Crippen LogP contribution in [0.4, 0.5) is 0 Å². The average Bonchev–Trinajstić information content (AvgIpc) is 2.51. The molecule has 1 heterocycles. The van der Waals surface area contributed by atoms with Gasteiger partial charge in [0.15, 0.2) is 4.77 Å². The first-order valence-corrected chi connectivity index (χ1v) is 6.34. The first kappa shape index (κ1) is 10.4. The highest BCUT2D eigenvalue weighted by atomic mass is 35.5. The van der Waals surface area contributed by atoms with Gasteiger partial charge in [-0.05, 0) is 43.1 Å². The van der Waals surface area contributed by atoms with Crippen LogP contribution in [0.15, 0.2) is 18.2 Å². The number of para-hydroxylation sites is 1. The zero-order valence-electron chi connectivity index (χ0n) is 9.03. The predicted molar refractivity (Wildman–Crippen MR) is 69.6 cm³/mol. The minimum Gasteiger partial charge on any atom is -0.331 e. The van der Waals surface area contributed by atoms with E-state index >= 15 is 0 Å². The summed E-state index contributed by atoms with van der Waals surface area (Å²) >= 11 is 11.6. The lowest BCUT2D eigenvalue weighted by Gasteiger charge is -2.34. The highest BCUT2D eigenvalue weighted by Crippen LogP contribution is 2.40. The maximum Gasteiger partial charge on any atom is 0.178 e. The fraction of sp³-hybridized carbons (Fsp3) is 0.417. The minimum atomic E-state index is 0.524. The van der Waals surface area contributed by atoms with Crippen LogP contribution in [0, 0.1) is 10.7 Å². The van der Waals surface area contributed by atoms with Crippen molar-refractivity contribution < 1.29 is 0 Å². The van der Waals surface area contributed by atoms with Crippen LogP contribution in [0.5, 0.6) is 0 Å². The molecule has 4 heteroatoms. The van der Waals surface area contributed by atoms with Gasteiger partial charge in [0.05, 0.1) is 16.1 Å². The normalized spacial score (nSPS) is 24.6. The number of halogens is 1. The van der Waals surface area contributed by atoms with Gasteiger partial charge in [-0.25, -0.2) is 0 Å². The number of aromatic amines is 1. The van der Waals surface area contributed by atoms with Crippen molar-refractivity contribution >= 4 is 34.9 Å². The molecule has 0 bridgehead atoms. The van der Waals surface area contributed by atoms with E-state index in [4.69, 9.17) is 23.8 Å². The molecule has 1 fully saturated rings. The summed E-state index contributed by atoms with van der Waals surface area (Å²) in [4.78, 5) is 3.23. The predicted octanol–water partition coefficient (Wildman–Crippen LogP) is 4.32. The highest BCUT2D eigenvalue weighted by molar-refractivity contribution is 7.71. The summed E-state index contributed by atoms with van der Waals surface area (Å²) in [6.07, 6.45) is 2.40. The molecule has 0 amide bonds. The Bertz CT molecular complexity index is 593. The van der Waals surface area contributed by atoms with Crippen LogP contribution >= 0.6 is 23.8 Å². The molecule has 1 aromatic heterocycles. The summed E-state index contributed by atoms with van der Waals surface area (Å²) in [5, 5.41) is 0.782. The molecule has 1 aromatic carbocycles. The molecule has 1 N–H and O–H groups in total. The van der Waals surface area contributed by atoms with E-state index < -0.39 is 0 Å². The van der Waals surface area contributed by atoms with E-state index in [0.29, 0.717) is 6.04 Å². The monoisotopic (exact) mass is 252 g/mol. The smallest absolute Gasteiger partial charge is 0.178 e. The molecule has 0 saturated heterocycles. The van der Waals surface area contributed by atoms with Gasteiger partial charge in [-0.15, -0.1) is 0 Å². The zero-order valence-corrected chi connectivity index (χ0v) is 10.6. The largest absolute Gasteiger partial charge is 0.331 e. The second kappa shape index (κ2) is 3.60. The number of imidazole rings is 1. The standard InChI is InChI=1S/C12H13ClN2S/c1-7-5-8(6-7)15-11-9(13)3-2-4-10(11)14-12(15)16/h2-4,7-8H,5-6H2,1H3,(H,14,16). The van der Waals surface area contributed by atoms with Gasteiger partial charge in [0.25, 0.3) is 0 Å². The van der Waals surface area contributed by atoms with E-state index in [-0.39, 0.29) is 0 Å². The Morgan fingerprint density at radius 1 is 1.44 bits per heavy atom. The van der Waals surface area contributed by atoms with Gasteiger partial charge in [-0.2, -0.15) is 0 Å². The van der Waals surface area contributed by atoms with Gasteiger partial charge in [-0.3, -0.25) is 0 Å². The number of fused-ring (bicyclic) bond motifs is 1. The topological polar surface area (TPSA) is 20.7 Å². The first-order valence-electron chi connectivity index (χ1n) is 5.55. The van der Waals surface area contributed by atoms with E-state index in [9.17, 15) is 0 Å². The molecular formula is C12H13ClN2S. The molecule has 16 heavy (non-hydrogen) atoms. The van der Waals surface area contributed by atoms with Gasteiger partial charge >= 0.3 is 0 Å². The molecule has 0 radical (unpaired) electrons. The van der Waals surface area contributed by atoms with Crippen LogP contribution in [0.1, 0.15) is 25.8 Å². The van der Waals surface area contributed by atoms with Crippen molar-refractivity contribution in [3.8, 4) is 0 Å². The van der Waals surface area contributed by atoms with Crippen molar-refractivity contribution in [2.75, 3.05) is 0 Å². The Balaban J connectivity index is 2.23. The Morgan fingerprint density at radius 2 is 2.19 bits per heavy atom. The average molecular weight is 253 g/mol. The molecule has 3 rings (SSSR count). The lowest BCUT2D eigenvalue weighted by atomic mass is 9.81. The van der Waals surface area contributed by atoms with Crippen molar-refractivity contribution in [3.63, 3.8) is 0 Å². The maximum absolute atomic E-state index is 6.25. The van der Waals surface area contributed by atoms with Gasteiger partial charge in [0.1, 0.15) is 0 Å². The second-order valence-electron chi connectivity index (χ2n) is 4.67. The second-order valence-corrected chi connectivity index (χ2v) is 5.46. The summed E-state index contributed by atoms with van der Waals surface area (Å²) in [5.41, 5.74) is 2.10. The number of H-pyrrole nitrogens is 1. The van der Waals surface area contributed by atoms with E-state index in [1.165, 1.54) is 12.8 Å². The summed E-state index contributed by atoms with van der Waals surface area (Å²) in [6, 6.07) is 6.42. The molecule has 0 unspecified atom stereocenters. The van der Waals surface area contributed by atoms with E-state index in [0.717, 1.165) is 26.7 Å². The quantitative estimate of drug-likeness (QED) is 0.750. The van der Waals surface area contributed by atoms with E-state index in [1.54, 1.807) is 0 Å². The molecule has 2 nitrogen and oxygen atoms in total. The third-order valence-electron chi connectivity index (χ3n) is 3.40. The van der Waals surface area contributed by atoms with Crippen molar-refractivity contribution in [3.05, 3.63) is 28.0 Å². The van der Waals surface area contributed by atoms with Crippen LogP contribution < -0.4 is 0 Å². The van der Waals surface area contributed by atoms with E-state index in [2.05, 4.69) is 16.5 Å². The lowest BCUT2D eigenvalue weighted by Crippen LogP contribution is -2.24. The Kier molecular flexibility index (Phi) is 2.33. The molecular weight excluding hydrogens is 240 g/mol. The SMILES string of the molecule is CC1CC(n2c(=S)[nH]c3cccc(Cl)c32)C1. The van der Waals surface area contributed by atoms with Crippen molar-refractivity contribution in [1.29, 1.82) is 0 Å². The Morgan fingerprint density at radius 3 is 2.88 bits per heavy atom. The first-order chi connectivity index (χ1) is 7.66. The fourth-order valence-electron chi connectivity index (χ4n) is 2.56. The molecule has 0 atom stereocenters. The van der Waals surface area contributed by atoms with Crippen LogP contribution in [-0.2, 0) is 0 Å². The van der Waals surface area contributed by atoms with Crippen molar-refractivity contribution in [1.82, 2.24) is 9.55 Å². The summed E-state index contributed by atoms with van der Waals surface area (Å²) in [6.45, 7) is 2.27. The molecule has 0 aliphatic heterocycles. The van der Waals surface area contributed by atoms with Crippen LogP contribution in [-0.4, -0.2) is 9.55 Å². The number of hydrogen-bond acceptors (Lipinski definition) is 1. The Labute approximate surface area is 104 Å². The van der Waals surface area contributed by atoms with Gasteiger partial charge in [0, 0.05) is 6.04 Å². The highest BCUT2D eigenvalue weighted by Gasteiger charge is 2.29. The number of aromatic nitrogens is 2. The lowest BCUT2D eigenvalue weighted by molar-refractivity contribution is 0.219. The fourth-order valence-corrected chi connectivity index (χ4v) is 3.17. The van der Waals surface area contributed by atoms with Crippen molar-refractivity contribution in [2.45, 2.75) is 25.8 Å². The number of rotatable bonds is 1. The van der Waals surface area contributed by atoms with Crippen LogP contribution in [0.2, 0.25) is 5.02 Å². The van der Waals surface area contributed by atoms with Gasteiger partial charge in [-0.1, -0.05) is 24.6 Å². The van der Waals surface area contributed by atoms with Gasteiger partial charge < -0.3 is 9.55 Å². The van der Waals surface area contributed by atoms with Crippen molar-refractivity contribution in [2.24, 2.45) is 5.92 Å². The molecule has 1 aliphatic rings. The summed E-state index contributed by atoms with van der Waals surface area (Å²) < 4.78 is 2.98. The number of hydrogen-bond donors (Lipinski definition) is 1. The number of benzene rings is 1. The summed E-state index contributed by atoms with van der Waals surface area (Å²) in [5.74, 6) is 0.805. The molecule has 84 valence electrons. The summed E-state index contributed by atoms with van der Waals surface area (Å²) in [7, 11) is 0. The third kappa shape index (κ3) is 1.42. The zero-order chi connectivity index (χ0) is 11.3. The molecule has 1 saturated carbocycles. The Hall–Kier alpha value is -0.800. The molecule has 1 aliphatic carbocycles. The maximum atomic E-state index is 6.25. The van der Waals surface area contributed by atoms with Gasteiger partial charge in [0.2, 0.25) is 0 Å². The van der Waals surface area contributed by atoms with E-state index in [1.807, 2.05) is 18.2 Å². The molecule has 0 spiro atoms. The van der Waals surface area contributed by atoms with Crippen LogP contribution in [0.25, 0.3) is 11.0 Å². The number of nitrogens with zero attached hydrogens (tertiary/aromatic N) is 1. The minimum absolute atomic E-state index is 0.524. The van der Waals surface area contributed by atoms with Crippen LogP contribution in [0.3, 0.4) is 0 Å².